The van der Waals surface area contributed by atoms with Gasteiger partial charge in [0.2, 0.25) is 5.91 Å². The quantitative estimate of drug-likeness (QED) is 0.792. The van der Waals surface area contributed by atoms with E-state index in [1.807, 2.05) is 25.7 Å². The summed E-state index contributed by atoms with van der Waals surface area (Å²) >= 11 is 0. The number of nitrogens with zero attached hydrogens (tertiary/aromatic N) is 1. The fourth-order valence-corrected chi connectivity index (χ4v) is 2.02. The molecule has 1 fully saturated rings. The van der Waals surface area contributed by atoms with Crippen molar-refractivity contribution in [2.45, 2.75) is 52.2 Å². The lowest BCUT2D eigenvalue weighted by Crippen LogP contribution is -2.44. The Morgan fingerprint density at radius 3 is 2.65 bits per heavy atom. The first-order chi connectivity index (χ1) is 7.94. The number of nitrogens with one attached hydrogen (secondary N) is 1. The molecule has 1 aliphatic heterocycles. The molecule has 0 saturated carbocycles. The summed E-state index contributed by atoms with van der Waals surface area (Å²) in [6, 6.07) is 0.353. The average Bonchev–Trinajstić information content (AvgIpc) is 2.74. The fourth-order valence-electron chi connectivity index (χ4n) is 2.02. The molecule has 0 spiro atoms. The zero-order chi connectivity index (χ0) is 12.9. The Kier molecular flexibility index (Phi) is 5.40. The van der Waals surface area contributed by atoms with Crippen molar-refractivity contribution in [2.75, 3.05) is 26.2 Å². The van der Waals surface area contributed by atoms with E-state index in [0.29, 0.717) is 6.04 Å². The third kappa shape index (κ3) is 5.04. The molecule has 0 aromatic rings. The maximum atomic E-state index is 12.1. The van der Waals surface area contributed by atoms with Gasteiger partial charge in [-0.2, -0.15) is 0 Å². The zero-order valence-corrected chi connectivity index (χ0v) is 11.6. The van der Waals surface area contributed by atoms with Crippen LogP contribution in [0.3, 0.4) is 0 Å². The summed E-state index contributed by atoms with van der Waals surface area (Å²) in [5.74, 6) is 0.121. The van der Waals surface area contributed by atoms with Crippen LogP contribution in [0.5, 0.6) is 0 Å². The lowest BCUT2D eigenvalue weighted by molar-refractivity contribution is -0.143. The Morgan fingerprint density at radius 2 is 2.18 bits per heavy atom. The first-order valence-corrected chi connectivity index (χ1v) is 6.58. The average molecular weight is 242 g/mol. The Labute approximate surface area is 105 Å². The van der Waals surface area contributed by atoms with Gasteiger partial charge in [-0.15, -0.1) is 0 Å². The second-order valence-corrected chi connectivity index (χ2v) is 5.63. The van der Waals surface area contributed by atoms with Gasteiger partial charge in [0, 0.05) is 19.1 Å². The van der Waals surface area contributed by atoms with E-state index in [-0.39, 0.29) is 18.1 Å². The Morgan fingerprint density at radius 1 is 1.47 bits per heavy atom. The molecule has 1 unspecified atom stereocenters. The van der Waals surface area contributed by atoms with E-state index in [0.717, 1.165) is 32.5 Å². The normalized spacial score (nSPS) is 20.6. The molecule has 0 aliphatic carbocycles. The van der Waals surface area contributed by atoms with E-state index in [1.165, 1.54) is 0 Å². The fraction of sp³-hybridized carbons (Fsp3) is 0.923. The van der Waals surface area contributed by atoms with Crippen molar-refractivity contribution in [3.8, 4) is 0 Å². The number of rotatable bonds is 5. The number of carbonyl (C=O) groups is 1. The van der Waals surface area contributed by atoms with Crippen LogP contribution >= 0.6 is 0 Å². The van der Waals surface area contributed by atoms with Crippen molar-refractivity contribution in [1.82, 2.24) is 10.2 Å². The third-order valence-electron chi connectivity index (χ3n) is 2.89. The first kappa shape index (κ1) is 14.5. The summed E-state index contributed by atoms with van der Waals surface area (Å²) in [5.41, 5.74) is -0.249. The highest BCUT2D eigenvalue weighted by molar-refractivity contribution is 5.77. The SMILES string of the molecule is CCCN(C(=O)COC(C)(C)C)C1CCNC1. The molecule has 100 valence electrons. The van der Waals surface area contributed by atoms with Gasteiger partial charge in [0.15, 0.2) is 0 Å². The van der Waals surface area contributed by atoms with Gasteiger partial charge in [-0.05, 0) is 40.2 Å². The van der Waals surface area contributed by atoms with E-state index in [2.05, 4.69) is 12.2 Å². The van der Waals surface area contributed by atoms with Crippen molar-refractivity contribution in [3.63, 3.8) is 0 Å². The maximum absolute atomic E-state index is 12.1. The Balaban J connectivity index is 2.48. The third-order valence-corrected chi connectivity index (χ3v) is 2.89. The van der Waals surface area contributed by atoms with Gasteiger partial charge in [0.1, 0.15) is 6.61 Å². The number of hydrogen-bond donors (Lipinski definition) is 1. The summed E-state index contributed by atoms with van der Waals surface area (Å²) in [6.07, 6.45) is 2.05. The van der Waals surface area contributed by atoms with E-state index in [9.17, 15) is 4.79 Å². The molecule has 17 heavy (non-hydrogen) atoms. The van der Waals surface area contributed by atoms with Gasteiger partial charge in [0.05, 0.1) is 5.60 Å². The molecular weight excluding hydrogens is 216 g/mol. The molecular formula is C13H26N2O2. The van der Waals surface area contributed by atoms with Crippen LogP contribution < -0.4 is 5.32 Å². The van der Waals surface area contributed by atoms with Gasteiger partial charge < -0.3 is 15.0 Å². The minimum atomic E-state index is -0.249. The second kappa shape index (κ2) is 6.36. The molecule has 1 aliphatic rings. The molecule has 4 nitrogen and oxygen atoms in total. The lowest BCUT2D eigenvalue weighted by atomic mass is 10.2. The van der Waals surface area contributed by atoms with Crippen LogP contribution in [0.1, 0.15) is 40.5 Å². The van der Waals surface area contributed by atoms with Crippen LogP contribution in [-0.4, -0.2) is 48.7 Å². The van der Waals surface area contributed by atoms with Crippen LogP contribution in [-0.2, 0) is 9.53 Å². The van der Waals surface area contributed by atoms with Gasteiger partial charge >= 0.3 is 0 Å². The molecule has 4 heteroatoms. The van der Waals surface area contributed by atoms with Crippen molar-refractivity contribution < 1.29 is 9.53 Å². The number of ether oxygens (including phenoxy) is 1. The highest BCUT2D eigenvalue weighted by Gasteiger charge is 2.26. The Bertz CT molecular complexity index is 242. The predicted molar refractivity (Wildman–Crippen MR) is 69.0 cm³/mol. The van der Waals surface area contributed by atoms with Crippen molar-refractivity contribution in [3.05, 3.63) is 0 Å². The standard InChI is InChI=1S/C13H26N2O2/c1-5-8-15(11-6-7-14-9-11)12(16)10-17-13(2,3)4/h11,14H,5-10H2,1-4H3. The molecule has 0 bridgehead atoms. The van der Waals surface area contributed by atoms with Crippen molar-refractivity contribution >= 4 is 5.91 Å². The molecule has 0 radical (unpaired) electrons. The highest BCUT2D eigenvalue weighted by atomic mass is 16.5. The summed E-state index contributed by atoms with van der Waals surface area (Å²) in [4.78, 5) is 14.1. The topological polar surface area (TPSA) is 41.6 Å². The minimum absolute atomic E-state index is 0.121. The van der Waals surface area contributed by atoms with Gasteiger partial charge in [-0.1, -0.05) is 6.92 Å². The van der Waals surface area contributed by atoms with Gasteiger partial charge in [-0.25, -0.2) is 0 Å². The molecule has 1 rings (SSSR count). The maximum Gasteiger partial charge on any atom is 0.248 e. The monoisotopic (exact) mass is 242 g/mol. The van der Waals surface area contributed by atoms with E-state index in [1.54, 1.807) is 0 Å². The molecule has 1 saturated heterocycles. The molecule has 0 aromatic heterocycles. The summed E-state index contributed by atoms with van der Waals surface area (Å²) < 4.78 is 5.57. The zero-order valence-electron chi connectivity index (χ0n) is 11.6. The van der Waals surface area contributed by atoms with Crippen LogP contribution in [0.15, 0.2) is 0 Å². The summed E-state index contributed by atoms with van der Waals surface area (Å²) in [6.45, 7) is 11.0. The van der Waals surface area contributed by atoms with E-state index in [4.69, 9.17) is 4.74 Å². The van der Waals surface area contributed by atoms with E-state index < -0.39 is 0 Å². The smallest absolute Gasteiger partial charge is 0.248 e. The van der Waals surface area contributed by atoms with Crippen LogP contribution in [0, 0.1) is 0 Å². The summed E-state index contributed by atoms with van der Waals surface area (Å²) in [5, 5.41) is 3.30. The van der Waals surface area contributed by atoms with Crippen LogP contribution in [0.25, 0.3) is 0 Å². The van der Waals surface area contributed by atoms with E-state index >= 15 is 0 Å². The van der Waals surface area contributed by atoms with Gasteiger partial charge in [0.25, 0.3) is 0 Å². The van der Waals surface area contributed by atoms with Crippen molar-refractivity contribution in [2.24, 2.45) is 0 Å². The number of hydrogen-bond acceptors (Lipinski definition) is 3. The van der Waals surface area contributed by atoms with Crippen LogP contribution in [0.4, 0.5) is 0 Å². The van der Waals surface area contributed by atoms with Crippen LogP contribution in [0.2, 0.25) is 0 Å². The Hall–Kier alpha value is -0.610. The van der Waals surface area contributed by atoms with Gasteiger partial charge in [-0.3, -0.25) is 4.79 Å². The lowest BCUT2D eigenvalue weighted by Gasteiger charge is -2.29. The molecule has 1 heterocycles. The second-order valence-electron chi connectivity index (χ2n) is 5.63. The number of carbonyl (C=O) groups excluding carboxylic acids is 1. The summed E-state index contributed by atoms with van der Waals surface area (Å²) in [7, 11) is 0. The number of amides is 1. The molecule has 0 aromatic carbocycles. The molecule has 1 atom stereocenters. The predicted octanol–water partition coefficient (Wildman–Crippen LogP) is 1.40. The minimum Gasteiger partial charge on any atom is -0.366 e. The van der Waals surface area contributed by atoms with Crippen molar-refractivity contribution in [1.29, 1.82) is 0 Å². The molecule has 1 N–H and O–H groups in total. The molecule has 1 amide bonds. The largest absolute Gasteiger partial charge is 0.366 e. The first-order valence-electron chi connectivity index (χ1n) is 6.58. The highest BCUT2D eigenvalue weighted by Crippen LogP contribution is 2.12.